The second kappa shape index (κ2) is 10.1. The van der Waals surface area contributed by atoms with Crippen LogP contribution in [0, 0.1) is 13.8 Å². The van der Waals surface area contributed by atoms with Crippen molar-refractivity contribution in [3.63, 3.8) is 0 Å². The fourth-order valence-electron chi connectivity index (χ4n) is 4.30. The predicted octanol–water partition coefficient (Wildman–Crippen LogP) is 4.42. The van der Waals surface area contributed by atoms with Crippen LogP contribution in [0.4, 0.5) is 0 Å². The molecule has 178 valence electrons. The molecule has 1 saturated heterocycles. The highest BCUT2D eigenvalue weighted by Crippen LogP contribution is 2.25. The molecule has 5 rings (SSSR count). The molecule has 0 spiro atoms. The minimum absolute atomic E-state index is 0.0248. The van der Waals surface area contributed by atoms with E-state index in [1.54, 1.807) is 6.21 Å². The minimum atomic E-state index is -0.376. The molecule has 1 aromatic heterocycles. The Morgan fingerprint density at radius 1 is 1.03 bits per heavy atom. The van der Waals surface area contributed by atoms with Gasteiger partial charge in [-0.2, -0.15) is 5.10 Å². The maximum Gasteiger partial charge on any atom is 0.258 e. The number of benzene rings is 3. The summed E-state index contributed by atoms with van der Waals surface area (Å²) in [6.45, 7) is 4.60. The van der Waals surface area contributed by atoms with Crippen molar-refractivity contribution in [1.29, 1.82) is 0 Å². The topological polar surface area (TPSA) is 90.5 Å². The van der Waals surface area contributed by atoms with Gasteiger partial charge in [-0.15, -0.1) is 0 Å². The van der Waals surface area contributed by atoms with Gasteiger partial charge >= 0.3 is 0 Å². The lowest BCUT2D eigenvalue weighted by atomic mass is 10.0. The Balaban J connectivity index is 1.13. The summed E-state index contributed by atoms with van der Waals surface area (Å²) < 4.78 is 5.90. The highest BCUT2D eigenvalue weighted by atomic mass is 16.5. The highest BCUT2D eigenvalue weighted by Gasteiger charge is 2.30. The summed E-state index contributed by atoms with van der Waals surface area (Å²) in [5.74, 6) is 0.642. The first kappa shape index (κ1) is 22.8. The number of aromatic amines is 1. The summed E-state index contributed by atoms with van der Waals surface area (Å²) in [6.07, 6.45) is 2.32. The third-order valence-corrected chi connectivity index (χ3v) is 6.34. The van der Waals surface area contributed by atoms with E-state index in [2.05, 4.69) is 57.6 Å². The van der Waals surface area contributed by atoms with Gasteiger partial charge in [0.25, 0.3) is 5.91 Å². The van der Waals surface area contributed by atoms with Crippen molar-refractivity contribution in [2.45, 2.75) is 39.0 Å². The van der Waals surface area contributed by atoms with Gasteiger partial charge in [-0.25, -0.2) is 16.3 Å². The van der Waals surface area contributed by atoms with Crippen LogP contribution >= 0.6 is 0 Å². The van der Waals surface area contributed by atoms with Gasteiger partial charge in [0.2, 0.25) is 0 Å². The molecule has 2 atom stereocenters. The monoisotopic (exact) mass is 467 g/mol. The van der Waals surface area contributed by atoms with Crippen molar-refractivity contribution in [3.8, 4) is 5.75 Å². The van der Waals surface area contributed by atoms with Gasteiger partial charge in [-0.3, -0.25) is 4.79 Å². The summed E-state index contributed by atoms with van der Waals surface area (Å²) in [5.41, 5.74) is 15.5. The van der Waals surface area contributed by atoms with E-state index in [9.17, 15) is 4.79 Å². The zero-order chi connectivity index (χ0) is 24.2. The Kier molecular flexibility index (Phi) is 6.61. The van der Waals surface area contributed by atoms with E-state index in [-0.39, 0.29) is 18.0 Å². The van der Waals surface area contributed by atoms with Gasteiger partial charge in [-0.05, 0) is 49.6 Å². The quantitative estimate of drug-likeness (QED) is 0.239. The lowest BCUT2D eigenvalue weighted by Crippen LogP contribution is -2.41. The van der Waals surface area contributed by atoms with Gasteiger partial charge in [0, 0.05) is 28.2 Å². The smallest absolute Gasteiger partial charge is 0.258 e. The number of carbonyl (C=O) groups is 1. The molecule has 4 aromatic rings. The van der Waals surface area contributed by atoms with Crippen LogP contribution in [0.25, 0.3) is 10.9 Å². The molecule has 0 saturated carbocycles. The standard InChI is InChI=1S/C28H29N5O2/c1-18-7-9-20(10-8-18)17-35-22-13-11-21(12-14-22)26-15-27(32-31-26)28(34)33-29-16-24-19(2)30-25-6-4-3-5-23(24)25/h3-14,16,26-27,30-32H,15,17H2,1-2H3,(H,33,34)/b29-16+. The van der Waals surface area contributed by atoms with E-state index in [4.69, 9.17) is 4.74 Å². The number of ether oxygens (including phenoxy) is 1. The SMILES string of the molecule is Cc1ccc(COc2ccc(C3CC(C(=O)N/N=C/c4c(C)[nH]c5ccccc45)NN3)cc2)cc1. The summed E-state index contributed by atoms with van der Waals surface area (Å²) in [7, 11) is 0. The number of nitrogens with zero attached hydrogens (tertiary/aromatic N) is 1. The van der Waals surface area contributed by atoms with Crippen molar-refractivity contribution in [2.24, 2.45) is 5.10 Å². The molecule has 1 aliphatic heterocycles. The van der Waals surface area contributed by atoms with Crippen LogP contribution in [-0.4, -0.2) is 23.1 Å². The van der Waals surface area contributed by atoms with Crippen molar-refractivity contribution >= 4 is 23.0 Å². The number of para-hydroxylation sites is 1. The molecular weight excluding hydrogens is 438 g/mol. The summed E-state index contributed by atoms with van der Waals surface area (Å²) in [4.78, 5) is 16.0. The van der Waals surface area contributed by atoms with Crippen LogP contribution in [-0.2, 0) is 11.4 Å². The molecule has 7 heteroatoms. The number of aryl methyl sites for hydroxylation is 2. The third kappa shape index (κ3) is 5.26. The molecule has 2 heterocycles. The number of hydrogen-bond donors (Lipinski definition) is 4. The second-order valence-corrected chi connectivity index (χ2v) is 8.92. The number of hydrogen-bond acceptors (Lipinski definition) is 5. The molecule has 4 N–H and O–H groups in total. The van der Waals surface area contributed by atoms with Gasteiger partial charge in [-0.1, -0.05) is 60.2 Å². The van der Waals surface area contributed by atoms with Crippen LogP contribution in [0.2, 0.25) is 0 Å². The number of carbonyl (C=O) groups excluding carboxylic acids is 1. The van der Waals surface area contributed by atoms with E-state index in [0.717, 1.165) is 39.0 Å². The number of aromatic nitrogens is 1. The first-order valence-corrected chi connectivity index (χ1v) is 11.8. The van der Waals surface area contributed by atoms with Crippen LogP contribution in [0.1, 0.15) is 40.4 Å². The summed E-state index contributed by atoms with van der Waals surface area (Å²) in [5, 5.41) is 5.28. The first-order chi connectivity index (χ1) is 17.1. The van der Waals surface area contributed by atoms with E-state index in [1.807, 2.05) is 55.5 Å². The van der Waals surface area contributed by atoms with Crippen LogP contribution in [0.5, 0.6) is 5.75 Å². The van der Waals surface area contributed by atoms with Crippen molar-refractivity contribution in [1.82, 2.24) is 21.3 Å². The largest absolute Gasteiger partial charge is 0.489 e. The minimum Gasteiger partial charge on any atom is -0.489 e. The lowest BCUT2D eigenvalue weighted by molar-refractivity contribution is -0.122. The Morgan fingerprint density at radius 2 is 1.80 bits per heavy atom. The van der Waals surface area contributed by atoms with Gasteiger partial charge in [0.05, 0.1) is 6.21 Å². The number of nitrogens with one attached hydrogen (secondary N) is 4. The average Bonchev–Trinajstić information content (AvgIpc) is 3.49. The molecule has 1 fully saturated rings. The van der Waals surface area contributed by atoms with Gasteiger partial charge < -0.3 is 9.72 Å². The van der Waals surface area contributed by atoms with Crippen LogP contribution in [0.3, 0.4) is 0 Å². The van der Waals surface area contributed by atoms with Crippen molar-refractivity contribution < 1.29 is 9.53 Å². The van der Waals surface area contributed by atoms with Crippen molar-refractivity contribution in [3.05, 3.63) is 101 Å². The molecule has 0 aliphatic carbocycles. The van der Waals surface area contributed by atoms with E-state index in [0.29, 0.717) is 13.0 Å². The molecule has 1 amide bonds. The fraction of sp³-hybridized carbons (Fsp3) is 0.214. The van der Waals surface area contributed by atoms with E-state index < -0.39 is 0 Å². The van der Waals surface area contributed by atoms with Crippen LogP contribution < -0.4 is 21.0 Å². The summed E-state index contributed by atoms with van der Waals surface area (Å²) in [6, 6.07) is 24.0. The molecular formula is C28H29N5O2. The number of H-pyrrole nitrogens is 1. The normalized spacial score (nSPS) is 17.8. The lowest BCUT2D eigenvalue weighted by Gasteiger charge is -2.11. The van der Waals surface area contributed by atoms with E-state index in [1.165, 1.54) is 5.56 Å². The number of hydrazone groups is 1. The number of hydrazine groups is 1. The highest BCUT2D eigenvalue weighted by molar-refractivity contribution is 6.00. The third-order valence-electron chi connectivity index (χ3n) is 6.34. The van der Waals surface area contributed by atoms with Gasteiger partial charge in [0.1, 0.15) is 18.4 Å². The molecule has 0 bridgehead atoms. The Morgan fingerprint density at radius 3 is 2.60 bits per heavy atom. The molecule has 35 heavy (non-hydrogen) atoms. The van der Waals surface area contributed by atoms with Crippen LogP contribution in [0.15, 0.2) is 77.9 Å². The van der Waals surface area contributed by atoms with Gasteiger partial charge in [0.15, 0.2) is 0 Å². The van der Waals surface area contributed by atoms with E-state index >= 15 is 0 Å². The Bertz CT molecular complexity index is 1340. The average molecular weight is 468 g/mol. The maximum atomic E-state index is 12.6. The Hall–Kier alpha value is -3.94. The first-order valence-electron chi connectivity index (χ1n) is 11.8. The number of rotatable bonds is 7. The zero-order valence-corrected chi connectivity index (χ0v) is 19.8. The number of fused-ring (bicyclic) bond motifs is 1. The second-order valence-electron chi connectivity index (χ2n) is 8.92. The molecule has 1 aliphatic rings. The molecule has 0 radical (unpaired) electrons. The van der Waals surface area contributed by atoms with Crippen molar-refractivity contribution in [2.75, 3.05) is 0 Å². The summed E-state index contributed by atoms with van der Waals surface area (Å²) >= 11 is 0. The maximum absolute atomic E-state index is 12.6. The Labute approximate surface area is 204 Å². The molecule has 2 unspecified atom stereocenters. The fourth-order valence-corrected chi connectivity index (χ4v) is 4.30. The number of amides is 1. The zero-order valence-electron chi connectivity index (χ0n) is 19.8. The molecule has 3 aromatic carbocycles. The molecule has 7 nitrogen and oxygen atoms in total. The predicted molar refractivity (Wildman–Crippen MR) is 138 cm³/mol.